The lowest BCUT2D eigenvalue weighted by Crippen LogP contribution is -2.39. The lowest BCUT2D eigenvalue weighted by molar-refractivity contribution is -0.0795. The van der Waals surface area contributed by atoms with Gasteiger partial charge in [-0.05, 0) is 37.4 Å². The summed E-state index contributed by atoms with van der Waals surface area (Å²) in [7, 11) is 0. The normalized spacial score (nSPS) is 39.9. The van der Waals surface area contributed by atoms with Gasteiger partial charge in [-0.2, -0.15) is 11.8 Å². The predicted molar refractivity (Wildman–Crippen MR) is 61.8 cm³/mol. The molecule has 2 unspecified atom stereocenters. The second-order valence-corrected chi connectivity index (χ2v) is 6.07. The zero-order valence-corrected chi connectivity index (χ0v) is 10.3. The molecule has 0 amide bonds. The molecule has 2 heterocycles. The summed E-state index contributed by atoms with van der Waals surface area (Å²) >= 11 is 5.60. The molecule has 2 rings (SSSR count). The molecule has 0 saturated carbocycles. The van der Waals surface area contributed by atoms with Crippen molar-refractivity contribution in [3.05, 3.63) is 0 Å². The quantitative estimate of drug-likeness (QED) is 0.710. The molecule has 2 fully saturated rings. The summed E-state index contributed by atoms with van der Waals surface area (Å²) in [5, 5.41) is 1.15. The van der Waals surface area contributed by atoms with Crippen molar-refractivity contribution in [1.29, 1.82) is 0 Å². The van der Waals surface area contributed by atoms with Crippen molar-refractivity contribution in [2.24, 2.45) is 5.92 Å². The fourth-order valence-electron chi connectivity index (χ4n) is 2.39. The first-order chi connectivity index (χ1) is 6.35. The van der Waals surface area contributed by atoms with Crippen molar-refractivity contribution in [3.8, 4) is 0 Å². The number of alkyl halides is 1. The van der Waals surface area contributed by atoms with Gasteiger partial charge in [-0.3, -0.25) is 0 Å². The summed E-state index contributed by atoms with van der Waals surface area (Å²) in [6, 6.07) is 0. The van der Waals surface area contributed by atoms with Crippen molar-refractivity contribution in [2.75, 3.05) is 23.4 Å². The fraction of sp³-hybridized carbons (Fsp3) is 1.00. The Morgan fingerprint density at radius 1 is 1.54 bits per heavy atom. The number of ether oxygens (including phenoxy) is 1. The van der Waals surface area contributed by atoms with Gasteiger partial charge in [0, 0.05) is 17.7 Å². The average Bonchev–Trinajstić information content (AvgIpc) is 2.54. The Hall–Kier alpha value is 0.790. The largest absolute Gasteiger partial charge is 0.374 e. The van der Waals surface area contributed by atoms with E-state index >= 15 is 0 Å². The van der Waals surface area contributed by atoms with Crippen LogP contribution in [0.2, 0.25) is 0 Å². The molecule has 2 atom stereocenters. The Morgan fingerprint density at radius 3 is 3.15 bits per heavy atom. The minimum Gasteiger partial charge on any atom is -0.374 e. The monoisotopic (exact) mass is 264 g/mol. The van der Waals surface area contributed by atoms with Gasteiger partial charge in [0.25, 0.3) is 0 Å². The topological polar surface area (TPSA) is 9.23 Å². The molecule has 2 aliphatic heterocycles. The lowest BCUT2D eigenvalue weighted by Gasteiger charge is -2.37. The van der Waals surface area contributed by atoms with Crippen LogP contribution < -0.4 is 0 Å². The van der Waals surface area contributed by atoms with Gasteiger partial charge in [-0.25, -0.2) is 0 Å². The zero-order chi connectivity index (χ0) is 9.15. The van der Waals surface area contributed by atoms with Gasteiger partial charge in [0.05, 0.1) is 5.60 Å². The summed E-state index contributed by atoms with van der Waals surface area (Å²) in [5.74, 6) is 3.46. The van der Waals surface area contributed by atoms with Crippen molar-refractivity contribution >= 4 is 27.7 Å². The van der Waals surface area contributed by atoms with Crippen LogP contribution in [0.15, 0.2) is 0 Å². The van der Waals surface area contributed by atoms with Crippen LogP contribution in [0.25, 0.3) is 0 Å². The van der Waals surface area contributed by atoms with E-state index in [0.29, 0.717) is 0 Å². The molecule has 0 radical (unpaired) electrons. The number of rotatable bonds is 2. The number of hydrogen-bond acceptors (Lipinski definition) is 2. The highest BCUT2D eigenvalue weighted by Crippen LogP contribution is 2.41. The Bertz CT molecular complexity index is 166. The van der Waals surface area contributed by atoms with Crippen LogP contribution in [0.3, 0.4) is 0 Å². The smallest absolute Gasteiger partial charge is 0.0783 e. The number of hydrogen-bond donors (Lipinski definition) is 0. The molecule has 76 valence electrons. The molecular formula is C10H17BrOS. The minimum atomic E-state index is 0.287. The maximum absolute atomic E-state index is 5.97. The molecule has 13 heavy (non-hydrogen) atoms. The average molecular weight is 265 g/mol. The highest BCUT2D eigenvalue weighted by Gasteiger charge is 2.39. The summed E-state index contributed by atoms with van der Waals surface area (Å²) in [5.41, 5.74) is 0.287. The highest BCUT2D eigenvalue weighted by molar-refractivity contribution is 9.09. The second kappa shape index (κ2) is 4.54. The van der Waals surface area contributed by atoms with Gasteiger partial charge in [0.15, 0.2) is 0 Å². The molecule has 1 spiro atoms. The van der Waals surface area contributed by atoms with Gasteiger partial charge in [-0.15, -0.1) is 0 Å². The van der Waals surface area contributed by atoms with Crippen molar-refractivity contribution < 1.29 is 4.74 Å². The van der Waals surface area contributed by atoms with E-state index in [-0.39, 0.29) is 5.60 Å². The van der Waals surface area contributed by atoms with Crippen LogP contribution in [-0.2, 0) is 4.74 Å². The third kappa shape index (κ3) is 2.42. The Morgan fingerprint density at radius 2 is 2.46 bits per heavy atom. The van der Waals surface area contributed by atoms with Crippen LogP contribution in [0, 0.1) is 5.92 Å². The molecular weight excluding hydrogens is 248 g/mol. The predicted octanol–water partition coefficient (Wildman–Crippen LogP) is 3.07. The third-order valence-electron chi connectivity index (χ3n) is 3.18. The lowest BCUT2D eigenvalue weighted by atomic mass is 9.84. The summed E-state index contributed by atoms with van der Waals surface area (Å²) < 4.78 is 5.97. The van der Waals surface area contributed by atoms with E-state index in [2.05, 4.69) is 27.7 Å². The maximum atomic E-state index is 5.97. The molecule has 0 aromatic carbocycles. The summed E-state index contributed by atoms with van der Waals surface area (Å²) in [6.45, 7) is 0.998. The molecule has 0 aliphatic carbocycles. The first-order valence-electron chi connectivity index (χ1n) is 5.12. The molecule has 0 N–H and O–H groups in total. The van der Waals surface area contributed by atoms with Crippen LogP contribution in [-0.4, -0.2) is 29.0 Å². The third-order valence-corrected chi connectivity index (χ3v) is 4.86. The van der Waals surface area contributed by atoms with Crippen molar-refractivity contribution in [2.45, 2.75) is 31.3 Å². The fourth-order valence-corrected chi connectivity index (χ4v) is 4.42. The maximum Gasteiger partial charge on any atom is 0.0783 e. The first kappa shape index (κ1) is 10.3. The van der Waals surface area contributed by atoms with Crippen molar-refractivity contribution in [3.63, 3.8) is 0 Å². The van der Waals surface area contributed by atoms with Crippen LogP contribution in [0.1, 0.15) is 25.7 Å². The summed E-state index contributed by atoms with van der Waals surface area (Å²) in [6.07, 6.45) is 5.20. The Kier molecular flexibility index (Phi) is 3.60. The van der Waals surface area contributed by atoms with Gasteiger partial charge in [-0.1, -0.05) is 15.9 Å². The van der Waals surface area contributed by atoms with Gasteiger partial charge < -0.3 is 4.74 Å². The molecule has 2 aliphatic rings. The Labute approximate surface area is 93.1 Å². The highest BCUT2D eigenvalue weighted by atomic mass is 79.9. The zero-order valence-electron chi connectivity index (χ0n) is 7.93. The van der Waals surface area contributed by atoms with Crippen LogP contribution in [0.4, 0.5) is 0 Å². The van der Waals surface area contributed by atoms with Gasteiger partial charge >= 0.3 is 0 Å². The van der Waals surface area contributed by atoms with Gasteiger partial charge in [0.1, 0.15) is 0 Å². The number of halogens is 1. The van der Waals surface area contributed by atoms with E-state index in [1.165, 1.54) is 37.2 Å². The Balaban J connectivity index is 1.90. The SMILES string of the molecule is BrCCC1CCOC2(CCSC2)C1. The molecule has 0 aromatic heterocycles. The molecule has 2 saturated heterocycles. The second-order valence-electron chi connectivity index (χ2n) is 4.17. The molecule has 0 bridgehead atoms. The minimum absolute atomic E-state index is 0.287. The molecule has 0 aromatic rings. The van der Waals surface area contributed by atoms with E-state index in [1.54, 1.807) is 0 Å². The molecule has 3 heteroatoms. The van der Waals surface area contributed by atoms with Crippen LogP contribution in [0.5, 0.6) is 0 Å². The molecule has 1 nitrogen and oxygen atoms in total. The van der Waals surface area contributed by atoms with E-state index in [1.807, 2.05) is 0 Å². The van der Waals surface area contributed by atoms with E-state index in [9.17, 15) is 0 Å². The van der Waals surface area contributed by atoms with E-state index < -0.39 is 0 Å². The van der Waals surface area contributed by atoms with Crippen molar-refractivity contribution in [1.82, 2.24) is 0 Å². The van der Waals surface area contributed by atoms with E-state index in [4.69, 9.17) is 4.74 Å². The van der Waals surface area contributed by atoms with Gasteiger partial charge in [0.2, 0.25) is 0 Å². The standard InChI is InChI=1S/C10H17BrOS/c11-4-1-9-2-5-12-10(7-9)3-6-13-8-10/h9H,1-8H2. The number of thioether (sulfide) groups is 1. The van der Waals surface area contributed by atoms with Crippen LogP contribution >= 0.6 is 27.7 Å². The summed E-state index contributed by atoms with van der Waals surface area (Å²) in [4.78, 5) is 0. The van der Waals surface area contributed by atoms with E-state index in [0.717, 1.165) is 17.9 Å². The first-order valence-corrected chi connectivity index (χ1v) is 7.40.